The van der Waals surface area contributed by atoms with Gasteiger partial charge in [-0.05, 0) is 26.0 Å². The van der Waals surface area contributed by atoms with Gasteiger partial charge in [0.2, 0.25) is 0 Å². The number of esters is 1. The topological polar surface area (TPSA) is 58.9 Å². The Bertz CT molecular complexity index is 644. The van der Waals surface area contributed by atoms with E-state index in [1.165, 1.54) is 12.1 Å². The highest BCUT2D eigenvalue weighted by Crippen LogP contribution is 2.26. The van der Waals surface area contributed by atoms with Crippen LogP contribution in [0.4, 0.5) is 4.39 Å². The van der Waals surface area contributed by atoms with E-state index in [9.17, 15) is 14.3 Å². The number of aliphatic imine (C=N–C) groups is 1. The van der Waals surface area contributed by atoms with E-state index in [2.05, 4.69) is 4.99 Å². The van der Waals surface area contributed by atoms with E-state index in [-0.39, 0.29) is 29.2 Å². The number of halogens is 1. The number of rotatable bonds is 3. The summed E-state index contributed by atoms with van der Waals surface area (Å²) >= 11 is 0. The van der Waals surface area contributed by atoms with Gasteiger partial charge in [-0.2, -0.15) is 0 Å². The Morgan fingerprint density at radius 1 is 1.45 bits per heavy atom. The lowest BCUT2D eigenvalue weighted by Gasteiger charge is -2.03. The largest absolute Gasteiger partial charge is 0.505 e. The Balaban J connectivity index is 2.41. The van der Waals surface area contributed by atoms with Gasteiger partial charge in [-0.15, -0.1) is 0 Å². The SMILES string of the molecule is CCOC(=O)C1=C(O)/C(=C\c2ccccc2F)N=C1C. The number of aliphatic hydroxyl groups is 1. The van der Waals surface area contributed by atoms with Crippen LogP contribution < -0.4 is 0 Å². The molecule has 0 atom stereocenters. The summed E-state index contributed by atoms with van der Waals surface area (Å²) in [5.74, 6) is -1.35. The number of benzene rings is 1. The van der Waals surface area contributed by atoms with Crippen molar-refractivity contribution in [3.8, 4) is 0 Å². The molecular formula is C15H14FNO3. The number of nitrogens with zero attached hydrogens (tertiary/aromatic N) is 1. The first-order chi connectivity index (χ1) is 9.54. The highest BCUT2D eigenvalue weighted by Gasteiger charge is 2.27. The Labute approximate surface area is 115 Å². The maximum absolute atomic E-state index is 13.6. The van der Waals surface area contributed by atoms with Gasteiger partial charge in [-0.25, -0.2) is 14.2 Å². The van der Waals surface area contributed by atoms with Crippen molar-refractivity contribution >= 4 is 17.8 Å². The number of aliphatic hydroxyl groups excluding tert-OH is 1. The summed E-state index contributed by atoms with van der Waals surface area (Å²) < 4.78 is 18.4. The standard InChI is InChI=1S/C15H14FNO3/c1-3-20-15(19)13-9(2)17-12(14(13)18)8-10-6-4-5-7-11(10)16/h4-8,18H,3H2,1-2H3/b12-8+. The van der Waals surface area contributed by atoms with E-state index in [4.69, 9.17) is 4.74 Å². The molecule has 0 spiro atoms. The third-order valence-corrected chi connectivity index (χ3v) is 2.81. The van der Waals surface area contributed by atoms with Crippen molar-refractivity contribution in [1.29, 1.82) is 0 Å². The van der Waals surface area contributed by atoms with Crippen LogP contribution in [-0.4, -0.2) is 23.4 Å². The minimum Gasteiger partial charge on any atom is -0.505 e. The van der Waals surface area contributed by atoms with E-state index in [0.717, 1.165) is 0 Å². The summed E-state index contributed by atoms with van der Waals surface area (Å²) in [7, 11) is 0. The number of hydrogen-bond donors (Lipinski definition) is 1. The average Bonchev–Trinajstić information content (AvgIpc) is 2.67. The van der Waals surface area contributed by atoms with Crippen molar-refractivity contribution in [3.05, 3.63) is 52.7 Å². The molecule has 0 unspecified atom stereocenters. The molecule has 20 heavy (non-hydrogen) atoms. The molecule has 1 aliphatic rings. The van der Waals surface area contributed by atoms with Crippen molar-refractivity contribution in [2.45, 2.75) is 13.8 Å². The molecule has 2 rings (SSSR count). The zero-order valence-corrected chi connectivity index (χ0v) is 11.2. The van der Waals surface area contributed by atoms with Crippen LogP contribution in [-0.2, 0) is 9.53 Å². The second kappa shape index (κ2) is 5.69. The Hall–Kier alpha value is -2.43. The van der Waals surface area contributed by atoms with Crippen molar-refractivity contribution in [3.63, 3.8) is 0 Å². The maximum Gasteiger partial charge on any atom is 0.343 e. The number of carbonyl (C=O) groups is 1. The van der Waals surface area contributed by atoms with E-state index in [1.54, 1.807) is 32.0 Å². The van der Waals surface area contributed by atoms with Crippen LogP contribution in [0, 0.1) is 5.82 Å². The smallest absolute Gasteiger partial charge is 0.343 e. The molecule has 1 aromatic carbocycles. The monoisotopic (exact) mass is 275 g/mol. The molecule has 0 saturated carbocycles. The number of ether oxygens (including phenoxy) is 1. The highest BCUT2D eigenvalue weighted by molar-refractivity contribution is 6.22. The number of hydrogen-bond acceptors (Lipinski definition) is 4. The predicted octanol–water partition coefficient (Wildman–Crippen LogP) is 3.02. The summed E-state index contributed by atoms with van der Waals surface area (Å²) in [6, 6.07) is 6.11. The van der Waals surface area contributed by atoms with Crippen molar-refractivity contribution in [1.82, 2.24) is 0 Å². The van der Waals surface area contributed by atoms with Gasteiger partial charge in [0.15, 0.2) is 5.76 Å². The molecule has 0 radical (unpaired) electrons. The fourth-order valence-electron chi connectivity index (χ4n) is 1.88. The van der Waals surface area contributed by atoms with Crippen LogP contribution in [0.2, 0.25) is 0 Å². The molecular weight excluding hydrogens is 261 g/mol. The number of carbonyl (C=O) groups excluding carboxylic acids is 1. The van der Waals surface area contributed by atoms with Crippen LogP contribution in [0.25, 0.3) is 6.08 Å². The van der Waals surface area contributed by atoms with Gasteiger partial charge < -0.3 is 9.84 Å². The zero-order valence-electron chi connectivity index (χ0n) is 11.2. The normalized spacial score (nSPS) is 16.6. The molecule has 0 amide bonds. The second-order valence-electron chi connectivity index (χ2n) is 4.19. The molecule has 4 nitrogen and oxygen atoms in total. The Kier molecular flexibility index (Phi) is 3.98. The fourth-order valence-corrected chi connectivity index (χ4v) is 1.88. The molecule has 5 heteroatoms. The van der Waals surface area contributed by atoms with E-state index >= 15 is 0 Å². The van der Waals surface area contributed by atoms with Gasteiger partial charge in [-0.1, -0.05) is 18.2 Å². The van der Waals surface area contributed by atoms with Gasteiger partial charge in [-0.3, -0.25) is 0 Å². The van der Waals surface area contributed by atoms with Crippen LogP contribution in [0.15, 0.2) is 46.3 Å². The third-order valence-electron chi connectivity index (χ3n) is 2.81. The Morgan fingerprint density at radius 3 is 2.80 bits per heavy atom. The average molecular weight is 275 g/mol. The van der Waals surface area contributed by atoms with Gasteiger partial charge >= 0.3 is 5.97 Å². The molecule has 0 saturated heterocycles. The molecule has 104 valence electrons. The predicted molar refractivity (Wildman–Crippen MR) is 73.8 cm³/mol. The zero-order chi connectivity index (χ0) is 14.7. The van der Waals surface area contributed by atoms with Crippen LogP contribution >= 0.6 is 0 Å². The van der Waals surface area contributed by atoms with E-state index in [1.807, 2.05) is 0 Å². The molecule has 0 bridgehead atoms. The lowest BCUT2D eigenvalue weighted by atomic mass is 10.1. The lowest BCUT2D eigenvalue weighted by molar-refractivity contribution is -0.138. The van der Waals surface area contributed by atoms with Crippen molar-refractivity contribution in [2.24, 2.45) is 4.99 Å². The molecule has 1 heterocycles. The van der Waals surface area contributed by atoms with Crippen LogP contribution in [0.3, 0.4) is 0 Å². The van der Waals surface area contributed by atoms with E-state index in [0.29, 0.717) is 5.71 Å². The molecule has 0 aliphatic carbocycles. The maximum atomic E-state index is 13.6. The summed E-state index contributed by atoms with van der Waals surface area (Å²) in [5.41, 5.74) is 0.810. The quantitative estimate of drug-likeness (QED) is 0.863. The van der Waals surface area contributed by atoms with Crippen LogP contribution in [0.5, 0.6) is 0 Å². The summed E-state index contributed by atoms with van der Waals surface area (Å²) in [6.45, 7) is 3.47. The van der Waals surface area contributed by atoms with Gasteiger partial charge in [0.1, 0.15) is 17.1 Å². The van der Waals surface area contributed by atoms with Gasteiger partial charge in [0.05, 0.1) is 12.3 Å². The van der Waals surface area contributed by atoms with Crippen molar-refractivity contribution in [2.75, 3.05) is 6.61 Å². The first-order valence-electron chi connectivity index (χ1n) is 6.17. The minimum atomic E-state index is -0.636. The van der Waals surface area contributed by atoms with Gasteiger partial charge in [0, 0.05) is 5.56 Å². The lowest BCUT2D eigenvalue weighted by Crippen LogP contribution is -2.13. The first kappa shape index (κ1) is 14.0. The molecule has 0 fully saturated rings. The summed E-state index contributed by atoms with van der Waals surface area (Å²) in [5, 5.41) is 10.0. The van der Waals surface area contributed by atoms with Gasteiger partial charge in [0.25, 0.3) is 0 Å². The molecule has 1 aliphatic heterocycles. The molecule has 0 aromatic heterocycles. The third kappa shape index (κ3) is 2.61. The highest BCUT2D eigenvalue weighted by atomic mass is 19.1. The van der Waals surface area contributed by atoms with Crippen molar-refractivity contribution < 1.29 is 19.0 Å². The molecule has 1 aromatic rings. The fraction of sp³-hybridized carbons (Fsp3) is 0.200. The minimum absolute atomic E-state index is 0.0226. The second-order valence-corrected chi connectivity index (χ2v) is 4.19. The summed E-state index contributed by atoms with van der Waals surface area (Å²) in [6.07, 6.45) is 1.39. The van der Waals surface area contributed by atoms with E-state index < -0.39 is 11.8 Å². The molecule has 1 N–H and O–H groups in total. The van der Waals surface area contributed by atoms with Crippen LogP contribution in [0.1, 0.15) is 19.4 Å². The Morgan fingerprint density at radius 2 is 2.15 bits per heavy atom. The first-order valence-corrected chi connectivity index (χ1v) is 6.17. The summed E-state index contributed by atoms with van der Waals surface area (Å²) in [4.78, 5) is 15.8.